The average Bonchev–Trinajstić information content (AvgIpc) is 2.69. The number of halogens is 2. The van der Waals surface area contributed by atoms with Gasteiger partial charge in [0.2, 0.25) is 4.80 Å². The highest BCUT2D eigenvalue weighted by Gasteiger charge is 2.02. The number of thiazole rings is 1. The third-order valence-corrected chi connectivity index (χ3v) is 4.68. The molecule has 0 radical (unpaired) electrons. The predicted molar refractivity (Wildman–Crippen MR) is 82.9 cm³/mol. The van der Waals surface area contributed by atoms with Gasteiger partial charge in [-0.1, -0.05) is 17.4 Å². The highest BCUT2D eigenvalue weighted by atomic mass is 127. The van der Waals surface area contributed by atoms with Crippen LogP contribution >= 0.6 is 51.6 Å². The van der Waals surface area contributed by atoms with Crippen LogP contribution in [0.2, 0.25) is 0 Å². The molecule has 0 saturated heterocycles. The molecule has 19 heavy (non-hydrogen) atoms. The van der Waals surface area contributed by atoms with Gasteiger partial charge in [0.25, 0.3) is 0 Å². The summed E-state index contributed by atoms with van der Waals surface area (Å²) >= 11 is 4.10. The van der Waals surface area contributed by atoms with Crippen molar-refractivity contribution in [3.8, 4) is 0 Å². The van der Waals surface area contributed by atoms with Crippen molar-refractivity contribution >= 4 is 57.4 Å². The second-order valence-corrected chi connectivity index (χ2v) is 8.63. The van der Waals surface area contributed by atoms with Crippen molar-refractivity contribution in [2.45, 2.75) is 6.61 Å². The Labute approximate surface area is 132 Å². The molecular formula is C9H7FIN3O2S3. The van der Waals surface area contributed by atoms with Gasteiger partial charge in [-0.25, -0.2) is 4.98 Å². The van der Waals surface area contributed by atoms with Crippen LogP contribution in [-0.4, -0.2) is 14.9 Å². The highest BCUT2D eigenvalue weighted by molar-refractivity contribution is 14.2. The van der Waals surface area contributed by atoms with Gasteiger partial charge in [0.15, 0.2) is 10.9 Å². The van der Waals surface area contributed by atoms with Crippen molar-refractivity contribution in [2.75, 3.05) is 0 Å². The van der Waals surface area contributed by atoms with Crippen LogP contribution in [0.1, 0.15) is 5.69 Å². The van der Waals surface area contributed by atoms with E-state index in [4.69, 9.17) is 4.18 Å². The third kappa shape index (κ3) is 4.63. The summed E-state index contributed by atoms with van der Waals surface area (Å²) in [5.74, 6) is 0.387. The summed E-state index contributed by atoms with van der Waals surface area (Å²) in [7, 11) is 1.47. The molecule has 0 saturated carbocycles. The predicted octanol–water partition coefficient (Wildman–Crippen LogP) is 3.72. The molecule has 5 nitrogen and oxygen atoms in total. The van der Waals surface area contributed by atoms with E-state index >= 15 is 0 Å². The quantitative estimate of drug-likeness (QED) is 0.257. The van der Waals surface area contributed by atoms with E-state index in [0.29, 0.717) is 22.8 Å². The van der Waals surface area contributed by atoms with Crippen molar-refractivity contribution in [3.63, 3.8) is 0 Å². The van der Waals surface area contributed by atoms with Crippen LogP contribution in [0.5, 0.6) is 0 Å². The molecule has 0 aliphatic carbocycles. The minimum atomic E-state index is -0.517. The molecule has 2 aromatic rings. The molecule has 2 rings (SSSR count). The van der Waals surface area contributed by atoms with Crippen LogP contribution in [0.15, 0.2) is 29.4 Å². The number of aromatic nitrogens is 2. The number of pyridine rings is 1. The standard InChI is InChI=1S/C9H7FIN3O2S3/c10-7-4-14(15)9(17-7)13-8-3-1-2-6(12-8)5-16-19-18-11/h1-4,15H,5H2/b13-9-. The number of hydrogen-bond acceptors (Lipinski definition) is 7. The molecule has 0 spiro atoms. The Hall–Kier alpha value is -0.300. The lowest BCUT2D eigenvalue weighted by Gasteiger charge is -2.00. The monoisotopic (exact) mass is 431 g/mol. The SMILES string of the molecule is On1cc(F)s/c1=N\c1cccc(COSSI)n1. The van der Waals surface area contributed by atoms with Crippen molar-refractivity contribution in [2.24, 2.45) is 4.99 Å². The first-order valence-corrected chi connectivity index (χ1v) is 10.3. The van der Waals surface area contributed by atoms with E-state index in [-0.39, 0.29) is 4.80 Å². The van der Waals surface area contributed by atoms with Gasteiger partial charge in [0.1, 0.15) is 6.61 Å². The Morgan fingerprint density at radius 3 is 3.11 bits per heavy atom. The van der Waals surface area contributed by atoms with Crippen LogP contribution in [0.3, 0.4) is 0 Å². The van der Waals surface area contributed by atoms with Gasteiger partial charge in [-0.05, 0) is 12.1 Å². The van der Waals surface area contributed by atoms with E-state index < -0.39 is 5.13 Å². The van der Waals surface area contributed by atoms with E-state index in [1.54, 1.807) is 18.2 Å². The molecule has 0 amide bonds. The van der Waals surface area contributed by atoms with E-state index in [1.165, 1.54) is 19.0 Å². The van der Waals surface area contributed by atoms with E-state index in [2.05, 4.69) is 31.2 Å². The summed E-state index contributed by atoms with van der Waals surface area (Å²) in [6, 6.07) is 5.25. The molecule has 0 atom stereocenters. The lowest BCUT2D eigenvalue weighted by atomic mass is 10.3. The maximum absolute atomic E-state index is 12.9. The first-order valence-electron chi connectivity index (χ1n) is 4.84. The number of hydrogen-bond donors (Lipinski definition) is 1. The molecule has 2 heterocycles. The normalized spacial score (nSPS) is 12.0. The topological polar surface area (TPSA) is 59.6 Å². The first kappa shape index (κ1) is 15.1. The van der Waals surface area contributed by atoms with Gasteiger partial charge in [-0.2, -0.15) is 14.1 Å². The van der Waals surface area contributed by atoms with Crippen LogP contribution in [0.4, 0.5) is 10.2 Å². The molecule has 0 aromatic carbocycles. The fraction of sp³-hybridized carbons (Fsp3) is 0.111. The first-order chi connectivity index (χ1) is 9.19. The molecule has 0 unspecified atom stereocenters. The Morgan fingerprint density at radius 2 is 2.42 bits per heavy atom. The summed E-state index contributed by atoms with van der Waals surface area (Å²) in [5.41, 5.74) is 0.709. The summed E-state index contributed by atoms with van der Waals surface area (Å²) in [4.78, 5) is 8.42. The summed E-state index contributed by atoms with van der Waals surface area (Å²) in [6.07, 6.45) is 0.949. The third-order valence-electron chi connectivity index (χ3n) is 1.89. The van der Waals surface area contributed by atoms with Gasteiger partial charge in [0, 0.05) is 29.2 Å². The van der Waals surface area contributed by atoms with E-state index in [1.807, 2.05) is 0 Å². The fourth-order valence-electron chi connectivity index (χ4n) is 1.20. The molecule has 0 aliphatic heterocycles. The Kier molecular flexibility index (Phi) is 5.94. The minimum Gasteiger partial charge on any atom is -0.426 e. The van der Waals surface area contributed by atoms with Crippen molar-refractivity contribution < 1.29 is 13.8 Å². The second-order valence-electron chi connectivity index (χ2n) is 3.15. The van der Waals surface area contributed by atoms with Crippen molar-refractivity contribution in [1.82, 2.24) is 9.71 Å². The van der Waals surface area contributed by atoms with Crippen molar-refractivity contribution in [1.29, 1.82) is 0 Å². The molecule has 0 aliphatic rings. The Bertz CT molecular complexity index is 619. The minimum absolute atomic E-state index is 0.125. The summed E-state index contributed by atoms with van der Waals surface area (Å²) in [5, 5.41) is 8.85. The highest BCUT2D eigenvalue weighted by Crippen LogP contribution is 2.30. The molecule has 102 valence electrons. The Balaban J connectivity index is 2.19. The zero-order chi connectivity index (χ0) is 13.7. The van der Waals surface area contributed by atoms with Gasteiger partial charge < -0.3 is 5.21 Å². The van der Waals surface area contributed by atoms with Gasteiger partial charge in [-0.3, -0.25) is 4.18 Å². The van der Waals surface area contributed by atoms with Crippen LogP contribution in [-0.2, 0) is 10.8 Å². The van der Waals surface area contributed by atoms with Crippen LogP contribution in [0, 0.1) is 5.13 Å². The maximum atomic E-state index is 12.9. The van der Waals surface area contributed by atoms with Gasteiger partial charge in [0.05, 0.1) is 23.0 Å². The molecule has 0 bridgehead atoms. The number of nitrogens with zero attached hydrogens (tertiary/aromatic N) is 3. The number of rotatable bonds is 5. The lowest BCUT2D eigenvalue weighted by Crippen LogP contribution is -2.09. The fourth-order valence-corrected chi connectivity index (χ4v) is 3.20. The summed E-state index contributed by atoms with van der Waals surface area (Å²) in [6.45, 7) is 0.349. The zero-order valence-electron chi connectivity index (χ0n) is 9.19. The molecule has 1 N–H and O–H groups in total. The summed E-state index contributed by atoms with van der Waals surface area (Å²) < 4.78 is 18.8. The molecule has 10 heteroatoms. The second kappa shape index (κ2) is 7.47. The smallest absolute Gasteiger partial charge is 0.228 e. The molecule has 2 aromatic heterocycles. The average molecular weight is 431 g/mol. The molecular weight excluding hydrogens is 424 g/mol. The van der Waals surface area contributed by atoms with Crippen LogP contribution < -0.4 is 4.80 Å². The zero-order valence-corrected chi connectivity index (χ0v) is 13.8. The van der Waals surface area contributed by atoms with E-state index in [0.717, 1.165) is 17.5 Å². The van der Waals surface area contributed by atoms with E-state index in [9.17, 15) is 9.60 Å². The van der Waals surface area contributed by atoms with Gasteiger partial charge >= 0.3 is 0 Å². The van der Waals surface area contributed by atoms with Gasteiger partial charge in [-0.15, -0.1) is 0 Å². The maximum Gasteiger partial charge on any atom is 0.228 e. The van der Waals surface area contributed by atoms with Crippen molar-refractivity contribution in [3.05, 3.63) is 40.0 Å². The largest absolute Gasteiger partial charge is 0.426 e. The molecule has 0 fully saturated rings. The lowest BCUT2D eigenvalue weighted by molar-refractivity contribution is 0.176. The Morgan fingerprint density at radius 1 is 1.58 bits per heavy atom. The van der Waals surface area contributed by atoms with Crippen LogP contribution in [0.25, 0.3) is 0 Å².